The molecule has 20 N–H and O–H groups in total. The lowest BCUT2D eigenvalue weighted by Crippen LogP contribution is -2.62. The fraction of sp³-hybridized carbons (Fsp3) is 0.582. The van der Waals surface area contributed by atoms with Gasteiger partial charge in [-0.25, -0.2) is 0 Å². The summed E-state index contributed by atoms with van der Waals surface area (Å²) in [6.45, 7) is 9.15. The van der Waals surface area contributed by atoms with E-state index in [9.17, 15) is 48.6 Å². The van der Waals surface area contributed by atoms with E-state index >= 15 is 38.4 Å². The number of carboxylic acid groups (broad SMARTS) is 1. The lowest BCUT2D eigenvalue weighted by Gasteiger charge is -2.38. The highest BCUT2D eigenvalue weighted by molar-refractivity contribution is 6.30. The predicted molar refractivity (Wildman–Crippen MR) is 484 cm³/mol. The first-order valence-corrected chi connectivity index (χ1v) is 45.7. The topological polar surface area (TPSA) is 563 Å². The van der Waals surface area contributed by atoms with Crippen molar-refractivity contribution in [2.45, 2.75) is 274 Å². The number of aliphatic hydroxyl groups excluding tert-OH is 1. The molecule has 0 saturated carbocycles. The van der Waals surface area contributed by atoms with Crippen molar-refractivity contribution in [3.8, 4) is 0 Å². The van der Waals surface area contributed by atoms with E-state index in [0.29, 0.717) is 82.0 Å². The van der Waals surface area contributed by atoms with Gasteiger partial charge >= 0.3 is 5.97 Å². The minimum atomic E-state index is -1.69. The fourth-order valence-electron chi connectivity index (χ4n) is 17.6. The number of fused-ring (bicyclic) bond motifs is 5. The Labute approximate surface area is 761 Å². The summed E-state index contributed by atoms with van der Waals surface area (Å²) in [7, 11) is 2.82. The van der Waals surface area contributed by atoms with E-state index in [0.717, 1.165) is 9.80 Å². The number of amides is 15. The first kappa shape index (κ1) is 102. The molecule has 39 heteroatoms. The molecule has 0 unspecified atom stereocenters. The third kappa shape index (κ3) is 27.3. The van der Waals surface area contributed by atoms with Crippen LogP contribution in [-0.2, 0) is 103 Å². The molecule has 0 radical (unpaired) electrons. The van der Waals surface area contributed by atoms with E-state index in [1.807, 2.05) is 27.7 Å². The van der Waals surface area contributed by atoms with Gasteiger partial charge in [0.2, 0.25) is 88.6 Å². The maximum Gasteiger partial charge on any atom is 0.323 e. The molecule has 38 nitrogen and oxygen atoms in total. The molecule has 6 heterocycles. The zero-order chi connectivity index (χ0) is 94.9. The van der Waals surface area contributed by atoms with Crippen LogP contribution in [0.5, 0.6) is 0 Å². The van der Waals surface area contributed by atoms with Crippen LogP contribution < -0.4 is 70.8 Å². The van der Waals surface area contributed by atoms with E-state index in [4.69, 9.17) is 34.5 Å². The van der Waals surface area contributed by atoms with Gasteiger partial charge in [0, 0.05) is 112 Å². The van der Waals surface area contributed by atoms with Crippen LogP contribution in [0.15, 0.2) is 85.2 Å². The number of halogens is 1. The summed E-state index contributed by atoms with van der Waals surface area (Å²) < 4.78 is 1.47. The Balaban J connectivity index is 1.08. The Morgan fingerprint density at radius 2 is 1.03 bits per heavy atom. The number of unbranched alkanes of at least 4 members (excludes halogenated alkanes) is 2. The highest BCUT2D eigenvalue weighted by atomic mass is 35.5. The molecule has 15 amide bonds. The summed E-state index contributed by atoms with van der Waals surface area (Å²) in [5, 5.41) is 48.0. The van der Waals surface area contributed by atoms with Gasteiger partial charge in [-0.2, -0.15) is 0 Å². The molecule has 3 aromatic carbocycles. The second-order valence-corrected chi connectivity index (χ2v) is 35.8. The number of para-hydroxylation sites is 2. The maximum atomic E-state index is 15.9. The standard InChI is InChI=1S/C91H131ClN20O18/c1-9-11-25-71-83(122)100-63(39-51(3)4)79(118)97-36-19-23-60(95)78(117)102-66(41-53-30-32-56(92)33-31-53)88(127)110-37-18-17-28-72(110)84(123)105-68(45-76(96)114)89(128)111-38-20-29-73(111)85(124)106-69(46-94)82(121)103-65(40-52(5)6)90(129)112-49-57(113)44-75(112)86(125)101-64(42-54-47-98-61-24-15-13-21-58(54)61)81(120)99-62(34-35-93)80(119)104-67(87(126)108(8)74(26-12-10-2)91(130)107(71)7)43-55-48-109(50-77(115)116)70-27-16-14-22-59(55)70/h13-16,21-22,24,27,30-33,47-48,51-52,57,60,62-69,71-75,98,113H,9-12,17-20,23,25-26,28-29,34-46,49-50,93-95H2,1-8H3,(H2,96,114)(H,97,118)(H,99,120)(H,100,122)(H,101,125)(H,102,117)(H,103,121)(H,104,119)(H,105,123)(H,106,124)(H,115,116)/t57-,60-,62+,63+,64+,65+,66+,67+,68+,69+,71+,72+,73+,74+,75+/m1/s1. The van der Waals surface area contributed by atoms with Crippen LogP contribution in [0.25, 0.3) is 21.8 Å². The van der Waals surface area contributed by atoms with Crippen LogP contribution in [0.4, 0.5) is 0 Å². The number of nitrogens with one attached hydrogen (secondary N) is 10. The minimum absolute atomic E-state index is 0.0115. The summed E-state index contributed by atoms with van der Waals surface area (Å²) in [6.07, 6.45) is 3.15. The monoisotopic (exact) mass is 1830 g/mol. The molecule has 4 aliphatic heterocycles. The van der Waals surface area contributed by atoms with Crippen molar-refractivity contribution in [2.24, 2.45) is 34.8 Å². The largest absolute Gasteiger partial charge is 0.480 e. The fourth-order valence-corrected chi connectivity index (χ4v) is 17.8. The molecule has 4 aliphatic rings. The van der Waals surface area contributed by atoms with Crippen molar-refractivity contribution < 1.29 is 86.9 Å². The average Bonchev–Trinajstić information content (AvgIpc) is 1.64. The molecule has 2 aromatic heterocycles. The van der Waals surface area contributed by atoms with Crippen LogP contribution in [0, 0.1) is 11.8 Å². The van der Waals surface area contributed by atoms with Gasteiger partial charge in [-0.1, -0.05) is 127 Å². The predicted octanol–water partition coefficient (Wildman–Crippen LogP) is 0.648. The number of hydrogen-bond donors (Lipinski definition) is 16. The van der Waals surface area contributed by atoms with Gasteiger partial charge in [0.1, 0.15) is 85.1 Å². The molecular formula is C91H131ClN20O18. The first-order chi connectivity index (χ1) is 61.9. The Morgan fingerprint density at radius 1 is 0.508 bits per heavy atom. The Bertz CT molecular complexity index is 4850. The van der Waals surface area contributed by atoms with Crippen LogP contribution >= 0.6 is 11.6 Å². The van der Waals surface area contributed by atoms with Gasteiger partial charge in [-0.05, 0) is 136 Å². The number of H-pyrrole nitrogens is 1. The number of carbonyl (C=O) groups excluding carboxylic acids is 15. The number of nitrogens with two attached hydrogens (primary N) is 4. The molecular weight excluding hydrogens is 1700 g/mol. The number of piperidine rings is 1. The number of nitrogens with zero attached hydrogens (tertiary/aromatic N) is 6. The lowest BCUT2D eigenvalue weighted by atomic mass is 9.97. The first-order valence-electron chi connectivity index (χ1n) is 45.3. The van der Waals surface area contributed by atoms with Crippen molar-refractivity contribution in [3.63, 3.8) is 0 Å². The van der Waals surface area contributed by atoms with Crippen LogP contribution in [0.1, 0.15) is 174 Å². The van der Waals surface area contributed by atoms with Crippen LogP contribution in [0.3, 0.4) is 0 Å². The molecule has 0 spiro atoms. The summed E-state index contributed by atoms with van der Waals surface area (Å²) in [6, 6.07) is 0.470. The highest BCUT2D eigenvalue weighted by Crippen LogP contribution is 2.30. The number of hydrogen-bond acceptors (Lipinski definition) is 20. The normalized spacial score (nSPS) is 26.0. The third-order valence-electron chi connectivity index (χ3n) is 24.6. The van der Waals surface area contributed by atoms with Crippen molar-refractivity contribution in [1.82, 2.24) is 81.9 Å². The van der Waals surface area contributed by atoms with Crippen LogP contribution in [0.2, 0.25) is 5.02 Å². The molecule has 5 aromatic rings. The zero-order valence-electron chi connectivity index (χ0n) is 75.5. The minimum Gasteiger partial charge on any atom is -0.480 e. The molecule has 710 valence electrons. The number of aliphatic hydroxyl groups is 1. The number of carbonyl (C=O) groups is 16. The number of carboxylic acids is 1. The molecule has 130 heavy (non-hydrogen) atoms. The van der Waals surface area contributed by atoms with E-state index in [1.165, 1.54) is 33.4 Å². The smallest absolute Gasteiger partial charge is 0.323 e. The molecule has 15 atom stereocenters. The van der Waals surface area contributed by atoms with E-state index < -0.39 is 211 Å². The maximum absolute atomic E-state index is 15.9. The molecule has 4 fully saturated rings. The van der Waals surface area contributed by atoms with E-state index in [2.05, 4.69) is 52.8 Å². The number of likely N-dealkylation sites (N-methyl/N-ethyl adjacent to an activating group) is 2. The summed E-state index contributed by atoms with van der Waals surface area (Å²) in [4.78, 5) is 245. The quantitative estimate of drug-likeness (QED) is 0.0427. The van der Waals surface area contributed by atoms with Crippen LogP contribution in [-0.4, -0.2) is 283 Å². The van der Waals surface area contributed by atoms with Gasteiger partial charge in [0.25, 0.3) is 0 Å². The lowest BCUT2D eigenvalue weighted by molar-refractivity contribution is -0.149. The second-order valence-electron chi connectivity index (χ2n) is 35.4. The number of aromatic amines is 1. The second kappa shape index (κ2) is 48.3. The molecule has 0 aliphatic carbocycles. The number of benzene rings is 3. The molecule has 0 bridgehead atoms. The van der Waals surface area contributed by atoms with Gasteiger partial charge in [0.15, 0.2) is 0 Å². The van der Waals surface area contributed by atoms with Gasteiger partial charge in [-0.15, -0.1) is 0 Å². The summed E-state index contributed by atoms with van der Waals surface area (Å²) in [5.41, 5.74) is 27.5. The Morgan fingerprint density at radius 3 is 1.68 bits per heavy atom. The van der Waals surface area contributed by atoms with Gasteiger partial charge in [0.05, 0.1) is 18.6 Å². The summed E-state index contributed by atoms with van der Waals surface area (Å²) >= 11 is 6.28. The number of aromatic nitrogens is 2. The van der Waals surface area contributed by atoms with Crippen molar-refractivity contribution in [2.75, 3.05) is 53.4 Å². The SMILES string of the molecule is CCCC[C@H]1C(=O)N(C)[C@@H](CCCC)C(=O)N[C@@H](CC(C)C)C(=O)NCCC[C@@H](N)C(=O)N[C@@H](Cc2ccc(Cl)cc2)C(=O)N2CCCC[C@H]2C(=O)N[C@@H](CC(N)=O)C(=O)N2CCC[C@H]2C(=O)N[C@@H](CN)C(=O)N[C@@H](CC(C)C)C(=O)N2C[C@H](O)C[C@H]2C(=O)N[C@@H](Cc2c[nH]c3ccccc23)C(=O)N[C@@H](CCN)C(=O)N[C@@H](Cc2cn(CC(=O)O)c3ccccc23)C(=O)N1C. The van der Waals surface area contributed by atoms with Crippen molar-refractivity contribution >= 4 is 128 Å². The Hall–Kier alpha value is -11.6. The molecule has 4 saturated heterocycles. The molecule has 9 rings (SSSR count). The van der Waals surface area contributed by atoms with E-state index in [-0.39, 0.29) is 128 Å². The van der Waals surface area contributed by atoms with Crippen molar-refractivity contribution in [1.29, 1.82) is 0 Å². The number of rotatable bonds is 23. The average molecular weight is 1830 g/mol. The number of primary amides is 1. The summed E-state index contributed by atoms with van der Waals surface area (Å²) in [5.74, 6) is -14.2. The Kier molecular flexibility index (Phi) is 38.0. The van der Waals surface area contributed by atoms with Crippen molar-refractivity contribution in [3.05, 3.63) is 107 Å². The number of aliphatic carboxylic acids is 1. The third-order valence-corrected chi connectivity index (χ3v) is 24.8. The van der Waals surface area contributed by atoms with Gasteiger partial charge < -0.3 is 115 Å². The van der Waals surface area contributed by atoms with E-state index in [1.54, 1.807) is 99.0 Å². The zero-order valence-corrected chi connectivity index (χ0v) is 76.2. The highest BCUT2D eigenvalue weighted by Gasteiger charge is 2.47. The van der Waals surface area contributed by atoms with Gasteiger partial charge in [-0.3, -0.25) is 76.7 Å².